The molecule has 0 radical (unpaired) electrons. The summed E-state index contributed by atoms with van der Waals surface area (Å²) in [6.45, 7) is 0. The summed E-state index contributed by atoms with van der Waals surface area (Å²) in [5.41, 5.74) is 2.58. The summed E-state index contributed by atoms with van der Waals surface area (Å²) < 4.78 is 5.34. The van der Waals surface area contributed by atoms with Gasteiger partial charge in [0.05, 0.1) is 18.4 Å². The van der Waals surface area contributed by atoms with E-state index in [1.165, 1.54) is 11.3 Å². The molecule has 0 saturated heterocycles. The zero-order chi connectivity index (χ0) is 17.1. The van der Waals surface area contributed by atoms with Crippen molar-refractivity contribution in [2.24, 2.45) is 0 Å². The monoisotopic (exact) mass is 366 g/mol. The number of benzene rings is 1. The molecule has 0 aliphatic rings. The van der Waals surface area contributed by atoms with Crippen LogP contribution >= 0.6 is 22.7 Å². The lowest BCUT2D eigenvalue weighted by atomic mass is 10.1. The second-order valence-corrected chi connectivity index (χ2v) is 7.17. The fourth-order valence-corrected chi connectivity index (χ4v) is 4.05. The number of anilines is 1. The Morgan fingerprint density at radius 2 is 2.00 bits per heavy atom. The molecule has 0 bridgehead atoms. The zero-order valence-corrected chi connectivity index (χ0v) is 14.8. The normalized spacial score (nSPS) is 10.7. The van der Waals surface area contributed by atoms with Crippen LogP contribution in [-0.4, -0.2) is 10.9 Å². The Morgan fingerprint density at radius 1 is 1.08 bits per heavy atom. The van der Waals surface area contributed by atoms with E-state index in [9.17, 15) is 4.79 Å². The summed E-state index contributed by atoms with van der Waals surface area (Å²) in [7, 11) is 0. The number of aromatic nitrogens is 1. The Kier molecular flexibility index (Phi) is 4.45. The van der Waals surface area contributed by atoms with Crippen LogP contribution in [0.4, 0.5) is 5.69 Å². The third-order valence-corrected chi connectivity index (χ3v) is 5.42. The highest BCUT2D eigenvalue weighted by molar-refractivity contribution is 7.13. The first-order valence-corrected chi connectivity index (χ1v) is 9.46. The van der Waals surface area contributed by atoms with Crippen LogP contribution in [0.15, 0.2) is 70.0 Å². The minimum absolute atomic E-state index is 0.0831. The molecule has 0 fully saturated rings. The molecule has 1 amide bonds. The van der Waals surface area contributed by atoms with Crippen LogP contribution in [-0.2, 0) is 11.2 Å². The second-order valence-electron chi connectivity index (χ2n) is 5.37. The van der Waals surface area contributed by atoms with Crippen molar-refractivity contribution >= 4 is 34.3 Å². The quantitative estimate of drug-likeness (QED) is 0.520. The predicted molar refractivity (Wildman–Crippen MR) is 102 cm³/mol. The Morgan fingerprint density at radius 3 is 2.80 bits per heavy atom. The van der Waals surface area contributed by atoms with Crippen LogP contribution in [0.2, 0.25) is 0 Å². The molecule has 124 valence electrons. The first-order valence-electron chi connectivity index (χ1n) is 7.70. The number of nitrogens with one attached hydrogen (secondary N) is 1. The minimum atomic E-state index is -0.0831. The summed E-state index contributed by atoms with van der Waals surface area (Å²) in [6, 6.07) is 15.6. The third kappa shape index (κ3) is 3.55. The number of amides is 1. The Labute approximate surface area is 152 Å². The van der Waals surface area contributed by atoms with Crippen LogP contribution in [0.1, 0.15) is 5.69 Å². The van der Waals surface area contributed by atoms with E-state index in [1.807, 2.05) is 59.3 Å². The standard InChI is InChI=1S/C19H14N2O2S2/c22-18(11-13-12-25-19(20-13)16-7-3-9-23-16)21-15-6-2-1-5-14(15)17-8-4-10-24-17/h1-10,12H,11H2,(H,21,22). The number of hydrogen-bond donors (Lipinski definition) is 1. The number of rotatable bonds is 5. The van der Waals surface area contributed by atoms with Gasteiger partial charge in [-0.05, 0) is 29.6 Å². The van der Waals surface area contributed by atoms with Gasteiger partial charge < -0.3 is 9.73 Å². The molecule has 4 rings (SSSR count). The van der Waals surface area contributed by atoms with Crippen molar-refractivity contribution in [2.75, 3.05) is 5.32 Å². The number of hydrogen-bond acceptors (Lipinski definition) is 5. The van der Waals surface area contributed by atoms with Crippen molar-refractivity contribution in [2.45, 2.75) is 6.42 Å². The van der Waals surface area contributed by atoms with Gasteiger partial charge in [0.2, 0.25) is 5.91 Å². The smallest absolute Gasteiger partial charge is 0.230 e. The van der Waals surface area contributed by atoms with E-state index in [-0.39, 0.29) is 12.3 Å². The Hall–Kier alpha value is -2.70. The fraction of sp³-hybridized carbons (Fsp3) is 0.0526. The molecule has 1 N–H and O–H groups in total. The highest BCUT2D eigenvalue weighted by atomic mass is 32.1. The molecule has 0 aliphatic carbocycles. The zero-order valence-electron chi connectivity index (χ0n) is 13.1. The summed E-state index contributed by atoms with van der Waals surface area (Å²) >= 11 is 3.12. The van der Waals surface area contributed by atoms with Crippen molar-refractivity contribution in [1.82, 2.24) is 4.98 Å². The van der Waals surface area contributed by atoms with Crippen molar-refractivity contribution < 1.29 is 9.21 Å². The van der Waals surface area contributed by atoms with Crippen LogP contribution < -0.4 is 5.32 Å². The lowest BCUT2D eigenvalue weighted by Gasteiger charge is -2.09. The maximum absolute atomic E-state index is 12.4. The van der Waals surface area contributed by atoms with Gasteiger partial charge in [-0.3, -0.25) is 4.79 Å². The molecular weight excluding hydrogens is 352 g/mol. The van der Waals surface area contributed by atoms with Crippen molar-refractivity contribution in [3.8, 4) is 21.2 Å². The molecule has 0 atom stereocenters. The first kappa shape index (κ1) is 15.8. The third-order valence-electron chi connectivity index (χ3n) is 3.61. The minimum Gasteiger partial charge on any atom is -0.462 e. The largest absolute Gasteiger partial charge is 0.462 e. The van der Waals surface area contributed by atoms with E-state index in [0.717, 1.165) is 32.6 Å². The fourth-order valence-electron chi connectivity index (χ4n) is 2.50. The van der Waals surface area contributed by atoms with E-state index in [0.29, 0.717) is 0 Å². The number of thiophene rings is 1. The topological polar surface area (TPSA) is 55.1 Å². The second kappa shape index (κ2) is 7.04. The highest BCUT2D eigenvalue weighted by Crippen LogP contribution is 2.31. The van der Waals surface area contributed by atoms with E-state index in [2.05, 4.69) is 10.3 Å². The van der Waals surface area contributed by atoms with Gasteiger partial charge in [0.25, 0.3) is 0 Å². The van der Waals surface area contributed by atoms with Crippen LogP contribution in [0.25, 0.3) is 21.2 Å². The Bertz CT molecular complexity index is 973. The number of carbonyl (C=O) groups excluding carboxylic acids is 1. The Balaban J connectivity index is 1.48. The van der Waals surface area contributed by atoms with Gasteiger partial charge in [-0.25, -0.2) is 4.98 Å². The van der Waals surface area contributed by atoms with E-state index >= 15 is 0 Å². The molecule has 0 spiro atoms. The molecule has 0 aliphatic heterocycles. The number of nitrogens with zero attached hydrogens (tertiary/aromatic N) is 1. The average molecular weight is 366 g/mol. The van der Waals surface area contributed by atoms with Gasteiger partial charge in [0.1, 0.15) is 0 Å². The molecule has 4 nitrogen and oxygen atoms in total. The molecule has 0 unspecified atom stereocenters. The maximum Gasteiger partial charge on any atom is 0.230 e. The average Bonchev–Trinajstić information content (AvgIpc) is 3.37. The summed E-state index contributed by atoms with van der Waals surface area (Å²) in [4.78, 5) is 18.0. The van der Waals surface area contributed by atoms with Crippen molar-refractivity contribution in [1.29, 1.82) is 0 Å². The van der Waals surface area contributed by atoms with Gasteiger partial charge >= 0.3 is 0 Å². The molecule has 4 aromatic rings. The highest BCUT2D eigenvalue weighted by Gasteiger charge is 2.13. The van der Waals surface area contributed by atoms with Crippen LogP contribution in [0, 0.1) is 0 Å². The number of para-hydroxylation sites is 1. The molecule has 1 aromatic carbocycles. The van der Waals surface area contributed by atoms with Crippen molar-refractivity contribution in [3.63, 3.8) is 0 Å². The van der Waals surface area contributed by atoms with Crippen LogP contribution in [0.5, 0.6) is 0 Å². The van der Waals surface area contributed by atoms with Crippen LogP contribution in [0.3, 0.4) is 0 Å². The number of thiazole rings is 1. The summed E-state index contributed by atoms with van der Waals surface area (Å²) in [6.07, 6.45) is 1.85. The van der Waals surface area contributed by atoms with E-state index in [1.54, 1.807) is 17.6 Å². The lowest BCUT2D eigenvalue weighted by Crippen LogP contribution is -2.15. The van der Waals surface area contributed by atoms with Gasteiger partial charge in [-0.1, -0.05) is 24.3 Å². The molecule has 3 heterocycles. The SMILES string of the molecule is O=C(Cc1csc(-c2ccco2)n1)Nc1ccccc1-c1cccs1. The maximum atomic E-state index is 12.4. The molecule has 6 heteroatoms. The van der Waals surface area contributed by atoms with Gasteiger partial charge in [-0.2, -0.15) is 0 Å². The van der Waals surface area contributed by atoms with Gasteiger partial charge in [0, 0.05) is 21.5 Å². The van der Waals surface area contributed by atoms with E-state index in [4.69, 9.17) is 4.42 Å². The molecule has 25 heavy (non-hydrogen) atoms. The van der Waals surface area contributed by atoms with Gasteiger partial charge in [-0.15, -0.1) is 22.7 Å². The number of carbonyl (C=O) groups is 1. The molecular formula is C19H14N2O2S2. The summed E-state index contributed by atoms with van der Waals surface area (Å²) in [5.74, 6) is 0.639. The molecule has 3 aromatic heterocycles. The van der Waals surface area contributed by atoms with Crippen molar-refractivity contribution in [3.05, 3.63) is 71.2 Å². The molecule has 0 saturated carbocycles. The lowest BCUT2D eigenvalue weighted by molar-refractivity contribution is -0.115. The predicted octanol–water partition coefficient (Wildman–Crippen LogP) is 5.31. The van der Waals surface area contributed by atoms with Gasteiger partial charge in [0.15, 0.2) is 10.8 Å². The van der Waals surface area contributed by atoms with E-state index < -0.39 is 0 Å². The number of furan rings is 1. The first-order chi connectivity index (χ1) is 12.3. The summed E-state index contributed by atoms with van der Waals surface area (Å²) in [5, 5.41) is 7.70.